The monoisotopic (exact) mass is 552 g/mol. The number of hydrogen-bond donors (Lipinski definition) is 2. The number of carbonyl (C=O) groups excluding carboxylic acids is 2. The predicted molar refractivity (Wildman–Crippen MR) is 149 cm³/mol. The normalized spacial score (nSPS) is 11.4. The molecule has 8 nitrogen and oxygen atoms in total. The highest BCUT2D eigenvalue weighted by Crippen LogP contribution is 2.27. The molecule has 0 saturated heterocycles. The van der Waals surface area contributed by atoms with Crippen LogP contribution in [0.2, 0.25) is 0 Å². The summed E-state index contributed by atoms with van der Waals surface area (Å²) >= 11 is 3.66. The topological polar surface area (TPSA) is 110 Å². The molecule has 0 spiro atoms. The largest absolute Gasteiger partial charge is 0.389 e. The van der Waals surface area contributed by atoms with Gasteiger partial charge in [-0.25, -0.2) is 19.6 Å². The Morgan fingerprint density at radius 1 is 0.737 bits per heavy atom. The zero-order valence-corrected chi connectivity index (χ0v) is 23.7. The molecule has 0 atom stereocenters. The lowest BCUT2D eigenvalue weighted by atomic mass is 10.1. The van der Waals surface area contributed by atoms with Gasteiger partial charge >= 0.3 is 24.0 Å². The van der Waals surface area contributed by atoms with Crippen molar-refractivity contribution in [3.8, 4) is 12.0 Å². The second-order valence-corrected chi connectivity index (χ2v) is 11.1. The highest BCUT2D eigenvalue weighted by Gasteiger charge is 2.13. The molecule has 2 N–H and O–H groups in total. The van der Waals surface area contributed by atoms with E-state index < -0.39 is 11.9 Å². The van der Waals surface area contributed by atoms with Gasteiger partial charge in [-0.3, -0.25) is 0 Å². The van der Waals surface area contributed by atoms with E-state index >= 15 is 0 Å². The summed E-state index contributed by atoms with van der Waals surface area (Å²) in [6, 6.07) is 4.60. The molecule has 4 aromatic rings. The number of rotatable bonds is 12. The van der Waals surface area contributed by atoms with Gasteiger partial charge in [0.15, 0.2) is 0 Å². The van der Waals surface area contributed by atoms with Crippen LogP contribution < -0.4 is 9.47 Å². The number of ether oxygens (including phenoxy) is 2. The maximum Gasteiger partial charge on any atom is 0.338 e. The molecule has 0 aromatic carbocycles. The first-order valence-corrected chi connectivity index (χ1v) is 14.4. The first kappa shape index (κ1) is 27.5. The smallest absolute Gasteiger partial charge is 0.338 e. The lowest BCUT2D eigenvalue weighted by Crippen LogP contribution is -2.09. The molecular formula is C28H32N4O4S2. The highest BCUT2D eigenvalue weighted by atomic mass is 32.1. The van der Waals surface area contributed by atoms with Gasteiger partial charge in [-0.1, -0.05) is 27.7 Å². The van der Waals surface area contributed by atoms with Crippen molar-refractivity contribution < 1.29 is 19.1 Å². The van der Waals surface area contributed by atoms with E-state index in [1.54, 1.807) is 12.4 Å². The van der Waals surface area contributed by atoms with Crippen molar-refractivity contribution in [2.75, 3.05) is 0 Å². The fourth-order valence-corrected chi connectivity index (χ4v) is 6.20. The van der Waals surface area contributed by atoms with Crippen LogP contribution in [0.3, 0.4) is 0 Å². The second kappa shape index (κ2) is 12.8. The number of aromatic amines is 2. The van der Waals surface area contributed by atoms with Gasteiger partial charge in [-0.2, -0.15) is 0 Å². The van der Waals surface area contributed by atoms with E-state index in [1.807, 2.05) is 22.7 Å². The fraction of sp³-hybridized carbons (Fsp3) is 0.357. The highest BCUT2D eigenvalue weighted by molar-refractivity contribution is 7.12. The summed E-state index contributed by atoms with van der Waals surface area (Å²) < 4.78 is 10.4. The average Bonchev–Trinajstić information content (AvgIpc) is 3.70. The van der Waals surface area contributed by atoms with Crippen molar-refractivity contribution in [3.63, 3.8) is 0 Å². The lowest BCUT2D eigenvalue weighted by Gasteiger charge is -2.00. The molecule has 4 rings (SSSR count). The van der Waals surface area contributed by atoms with Crippen LogP contribution in [0.4, 0.5) is 0 Å². The zero-order valence-electron chi connectivity index (χ0n) is 22.1. The molecule has 0 aliphatic carbocycles. The van der Waals surface area contributed by atoms with Crippen molar-refractivity contribution >= 4 is 34.6 Å². The van der Waals surface area contributed by atoms with E-state index in [-0.39, 0.29) is 12.0 Å². The van der Waals surface area contributed by atoms with E-state index in [2.05, 4.69) is 59.8 Å². The SMILES string of the molecule is CCc1cc(Cc2cnc(OC(=O)/C=C/C(=O)Oc3ncc(Cc4cc(CC)sc4CC)[nH]3)[nH]2)c(CC)s1. The number of H-pyrrole nitrogens is 2. The van der Waals surface area contributed by atoms with Crippen LogP contribution >= 0.6 is 22.7 Å². The molecule has 10 heteroatoms. The van der Waals surface area contributed by atoms with Gasteiger partial charge in [0.1, 0.15) is 0 Å². The molecule has 0 saturated carbocycles. The molecule has 4 heterocycles. The molecule has 200 valence electrons. The second-order valence-electron chi connectivity index (χ2n) is 8.69. The maximum atomic E-state index is 12.2. The van der Waals surface area contributed by atoms with E-state index in [4.69, 9.17) is 9.47 Å². The molecule has 0 amide bonds. The molecule has 0 fully saturated rings. The molecule has 4 aromatic heterocycles. The third-order valence-corrected chi connectivity index (χ3v) is 8.89. The van der Waals surface area contributed by atoms with E-state index in [9.17, 15) is 9.59 Å². The summed E-state index contributed by atoms with van der Waals surface area (Å²) in [5.41, 5.74) is 4.21. The van der Waals surface area contributed by atoms with E-state index in [0.717, 1.165) is 49.2 Å². The standard InChI is InChI=1S/C28H32N4O4S2/c1-5-21-13-17(23(7-3)37-21)11-19-15-29-27(31-19)35-25(33)9-10-26(34)36-28-30-16-20(32-28)12-18-14-22(6-2)38-24(18)8-4/h9-10,13-16H,5-8,11-12H2,1-4H3,(H,29,31)(H,30,32)/b10-9+. The molecule has 0 bridgehead atoms. The molecule has 0 aliphatic heterocycles. The van der Waals surface area contributed by atoms with Crippen LogP contribution in [0.25, 0.3) is 0 Å². The van der Waals surface area contributed by atoms with Crippen molar-refractivity contribution in [3.05, 3.63) is 78.7 Å². The number of nitrogens with one attached hydrogen (secondary N) is 2. The first-order chi connectivity index (χ1) is 18.4. The summed E-state index contributed by atoms with van der Waals surface area (Å²) in [6.07, 6.45) is 10.6. The van der Waals surface area contributed by atoms with Gasteiger partial charge in [-0.15, -0.1) is 22.7 Å². The van der Waals surface area contributed by atoms with Crippen LogP contribution in [0.15, 0.2) is 36.7 Å². The Labute approximate surface area is 230 Å². The third kappa shape index (κ3) is 7.08. The number of hydrogen-bond acceptors (Lipinski definition) is 8. The summed E-state index contributed by atoms with van der Waals surface area (Å²) in [6.45, 7) is 8.58. The van der Waals surface area contributed by atoms with Gasteiger partial charge in [-0.05, 0) is 48.9 Å². The molecule has 38 heavy (non-hydrogen) atoms. The minimum Gasteiger partial charge on any atom is -0.389 e. The lowest BCUT2D eigenvalue weighted by molar-refractivity contribution is -0.132. The number of thiophene rings is 2. The summed E-state index contributed by atoms with van der Waals surface area (Å²) in [5, 5.41) is 0. The van der Waals surface area contributed by atoms with Gasteiger partial charge in [0.05, 0.1) is 12.4 Å². The minimum absolute atomic E-state index is 0.0776. The number of imidazole rings is 2. The van der Waals surface area contributed by atoms with Crippen LogP contribution in [0.5, 0.6) is 12.0 Å². The minimum atomic E-state index is -0.739. The number of aryl methyl sites for hydroxylation is 4. The Hall–Kier alpha value is -3.50. The molecule has 0 unspecified atom stereocenters. The Bertz CT molecular complexity index is 1320. The van der Waals surface area contributed by atoms with Crippen molar-refractivity contribution in [2.24, 2.45) is 0 Å². The van der Waals surface area contributed by atoms with Gasteiger partial charge in [0, 0.05) is 55.9 Å². The number of aromatic nitrogens is 4. The van der Waals surface area contributed by atoms with Crippen LogP contribution in [0, 0.1) is 0 Å². The average molecular weight is 553 g/mol. The summed E-state index contributed by atoms with van der Waals surface area (Å²) in [5.74, 6) is -1.48. The number of carbonyl (C=O) groups is 2. The van der Waals surface area contributed by atoms with Crippen molar-refractivity contribution in [2.45, 2.75) is 66.2 Å². The third-order valence-electron chi connectivity index (χ3n) is 5.96. The van der Waals surface area contributed by atoms with Crippen molar-refractivity contribution in [1.82, 2.24) is 19.9 Å². The van der Waals surface area contributed by atoms with Gasteiger partial charge < -0.3 is 19.4 Å². The maximum absolute atomic E-state index is 12.2. The summed E-state index contributed by atoms with van der Waals surface area (Å²) in [4.78, 5) is 44.0. The number of esters is 2. The quantitative estimate of drug-likeness (QED) is 0.171. The van der Waals surface area contributed by atoms with Crippen molar-refractivity contribution in [1.29, 1.82) is 0 Å². The first-order valence-electron chi connectivity index (χ1n) is 12.8. The molecular weight excluding hydrogens is 520 g/mol. The van der Waals surface area contributed by atoms with E-state index in [0.29, 0.717) is 12.8 Å². The van der Waals surface area contributed by atoms with Crippen LogP contribution in [0.1, 0.15) is 69.7 Å². The zero-order chi connectivity index (χ0) is 27.1. The number of nitrogens with zero attached hydrogens (tertiary/aromatic N) is 2. The Morgan fingerprint density at radius 3 is 1.53 bits per heavy atom. The molecule has 0 radical (unpaired) electrons. The van der Waals surface area contributed by atoms with Gasteiger partial charge in [0.25, 0.3) is 0 Å². The molecule has 0 aliphatic rings. The van der Waals surface area contributed by atoms with Crippen LogP contribution in [-0.2, 0) is 48.1 Å². The van der Waals surface area contributed by atoms with Crippen LogP contribution in [-0.4, -0.2) is 31.9 Å². The Kier molecular flexibility index (Phi) is 9.30. The van der Waals surface area contributed by atoms with E-state index in [1.165, 1.54) is 30.6 Å². The Balaban J connectivity index is 1.28. The fourth-order valence-electron chi connectivity index (χ4n) is 4.07. The predicted octanol–water partition coefficient (Wildman–Crippen LogP) is 5.75. The van der Waals surface area contributed by atoms with Gasteiger partial charge in [0.2, 0.25) is 0 Å². The Morgan fingerprint density at radius 2 is 1.16 bits per heavy atom. The summed E-state index contributed by atoms with van der Waals surface area (Å²) in [7, 11) is 0.